The molecule has 0 saturated carbocycles. The molecule has 5 heteroatoms. The maximum atomic E-state index is 14.0. The molecule has 0 aliphatic heterocycles. The quantitative estimate of drug-likeness (QED) is 0.773. The highest BCUT2D eigenvalue weighted by Gasteiger charge is 2.21. The number of rotatable bonds is 4. The summed E-state index contributed by atoms with van der Waals surface area (Å²) in [4.78, 5) is 14.2. The molecule has 0 bridgehead atoms. The molecule has 0 aromatic heterocycles. The highest BCUT2D eigenvalue weighted by molar-refractivity contribution is 9.10. The van der Waals surface area contributed by atoms with Gasteiger partial charge in [-0.2, -0.15) is 5.26 Å². The van der Waals surface area contributed by atoms with Crippen LogP contribution < -0.4 is 4.90 Å². The van der Waals surface area contributed by atoms with E-state index in [2.05, 4.69) is 15.9 Å². The van der Waals surface area contributed by atoms with Crippen LogP contribution in [0.2, 0.25) is 0 Å². The minimum absolute atomic E-state index is 0.0180. The molecular formula is C18H16BrFN2O. The molecule has 0 N–H and O–H groups in total. The third kappa shape index (κ3) is 3.96. The Hall–Kier alpha value is -2.19. The number of nitriles is 1. The summed E-state index contributed by atoms with van der Waals surface area (Å²) in [6, 6.07) is 11.9. The van der Waals surface area contributed by atoms with E-state index in [-0.39, 0.29) is 18.5 Å². The van der Waals surface area contributed by atoms with E-state index in [0.29, 0.717) is 10.2 Å². The van der Waals surface area contributed by atoms with E-state index >= 15 is 0 Å². The lowest BCUT2D eigenvalue weighted by Gasteiger charge is -2.23. The summed E-state index contributed by atoms with van der Waals surface area (Å²) in [5, 5.41) is 8.84. The van der Waals surface area contributed by atoms with Crippen molar-refractivity contribution < 1.29 is 9.18 Å². The van der Waals surface area contributed by atoms with Gasteiger partial charge in [-0.25, -0.2) is 4.39 Å². The number of amides is 1. The summed E-state index contributed by atoms with van der Waals surface area (Å²) in [6.45, 7) is 4.14. The number of carbonyl (C=O) groups excluding carboxylic acids is 1. The molecule has 2 aromatic rings. The minimum atomic E-state index is -0.580. The van der Waals surface area contributed by atoms with Crippen molar-refractivity contribution in [1.29, 1.82) is 5.26 Å². The zero-order chi connectivity index (χ0) is 17.0. The molecule has 1 amide bonds. The van der Waals surface area contributed by atoms with Crippen LogP contribution in [0.3, 0.4) is 0 Å². The van der Waals surface area contributed by atoms with Crippen LogP contribution in [0.4, 0.5) is 10.1 Å². The van der Waals surface area contributed by atoms with Crippen LogP contribution in [-0.2, 0) is 0 Å². The zero-order valence-corrected chi connectivity index (χ0v) is 14.5. The lowest BCUT2D eigenvalue weighted by atomic mass is 10.1. The van der Waals surface area contributed by atoms with Crippen LogP contribution in [0.15, 0.2) is 40.9 Å². The van der Waals surface area contributed by atoms with Gasteiger partial charge in [0.2, 0.25) is 0 Å². The largest absolute Gasteiger partial charge is 0.307 e. The maximum Gasteiger partial charge on any atom is 0.261 e. The summed E-state index contributed by atoms with van der Waals surface area (Å²) in [7, 11) is 0. The summed E-state index contributed by atoms with van der Waals surface area (Å²) in [6.07, 6.45) is 0.175. The average molecular weight is 375 g/mol. The maximum absolute atomic E-state index is 14.0. The van der Waals surface area contributed by atoms with Gasteiger partial charge in [0.05, 0.1) is 18.1 Å². The van der Waals surface area contributed by atoms with E-state index in [1.54, 1.807) is 6.07 Å². The zero-order valence-electron chi connectivity index (χ0n) is 12.9. The minimum Gasteiger partial charge on any atom is -0.307 e. The molecule has 0 aliphatic rings. The van der Waals surface area contributed by atoms with Crippen molar-refractivity contribution in [1.82, 2.24) is 0 Å². The van der Waals surface area contributed by atoms with Gasteiger partial charge in [-0.1, -0.05) is 22.0 Å². The Morgan fingerprint density at radius 3 is 2.61 bits per heavy atom. The van der Waals surface area contributed by atoms with Gasteiger partial charge in [-0.15, -0.1) is 0 Å². The van der Waals surface area contributed by atoms with Crippen LogP contribution in [0.25, 0.3) is 0 Å². The van der Waals surface area contributed by atoms with E-state index in [1.807, 2.05) is 38.1 Å². The number of carbonyl (C=O) groups is 1. The van der Waals surface area contributed by atoms with Gasteiger partial charge in [-0.3, -0.25) is 4.79 Å². The second-order valence-electron chi connectivity index (χ2n) is 5.26. The summed E-state index contributed by atoms with van der Waals surface area (Å²) < 4.78 is 14.7. The normalized spacial score (nSPS) is 10.2. The Morgan fingerprint density at radius 1 is 1.22 bits per heavy atom. The first-order valence-electron chi connectivity index (χ1n) is 7.15. The summed E-state index contributed by atoms with van der Waals surface area (Å²) in [5.41, 5.74) is 2.78. The fourth-order valence-electron chi connectivity index (χ4n) is 2.21. The van der Waals surface area contributed by atoms with Crippen LogP contribution in [0, 0.1) is 31.0 Å². The number of benzene rings is 2. The lowest BCUT2D eigenvalue weighted by Crippen LogP contribution is -2.32. The van der Waals surface area contributed by atoms with Crippen molar-refractivity contribution in [2.24, 2.45) is 0 Å². The molecule has 0 saturated heterocycles. The fourth-order valence-corrected chi connectivity index (χ4v) is 2.57. The van der Waals surface area contributed by atoms with E-state index in [4.69, 9.17) is 5.26 Å². The molecule has 2 rings (SSSR count). The molecule has 118 valence electrons. The lowest BCUT2D eigenvalue weighted by molar-refractivity contribution is 0.0983. The van der Waals surface area contributed by atoms with E-state index < -0.39 is 11.7 Å². The monoisotopic (exact) mass is 374 g/mol. The van der Waals surface area contributed by atoms with Gasteiger partial charge in [0.25, 0.3) is 5.91 Å². The van der Waals surface area contributed by atoms with Gasteiger partial charge in [0, 0.05) is 16.7 Å². The Morgan fingerprint density at radius 2 is 1.96 bits per heavy atom. The van der Waals surface area contributed by atoms with Crippen LogP contribution in [0.5, 0.6) is 0 Å². The van der Waals surface area contributed by atoms with Crippen molar-refractivity contribution in [3.8, 4) is 6.07 Å². The van der Waals surface area contributed by atoms with E-state index in [1.165, 1.54) is 17.0 Å². The number of nitrogens with zero attached hydrogens (tertiary/aromatic N) is 2. The van der Waals surface area contributed by atoms with Crippen molar-refractivity contribution >= 4 is 27.5 Å². The van der Waals surface area contributed by atoms with Crippen molar-refractivity contribution in [3.05, 3.63) is 63.4 Å². The number of hydrogen-bond acceptors (Lipinski definition) is 2. The first-order valence-corrected chi connectivity index (χ1v) is 7.94. The average Bonchev–Trinajstić information content (AvgIpc) is 2.53. The first-order chi connectivity index (χ1) is 10.9. The second kappa shape index (κ2) is 7.38. The topological polar surface area (TPSA) is 44.1 Å². The highest BCUT2D eigenvalue weighted by atomic mass is 79.9. The van der Waals surface area contributed by atoms with Crippen LogP contribution in [0.1, 0.15) is 27.9 Å². The summed E-state index contributed by atoms with van der Waals surface area (Å²) in [5.74, 6) is -1.04. The van der Waals surface area contributed by atoms with Gasteiger partial charge >= 0.3 is 0 Å². The first kappa shape index (κ1) is 17.2. The molecule has 23 heavy (non-hydrogen) atoms. The van der Waals surface area contributed by atoms with Gasteiger partial charge in [-0.05, 0) is 55.3 Å². The molecule has 0 unspecified atom stereocenters. The van der Waals surface area contributed by atoms with Gasteiger partial charge < -0.3 is 4.90 Å². The smallest absolute Gasteiger partial charge is 0.261 e. The van der Waals surface area contributed by atoms with Crippen molar-refractivity contribution in [3.63, 3.8) is 0 Å². The Balaban J connectivity index is 2.45. The third-order valence-electron chi connectivity index (χ3n) is 3.65. The Bertz CT molecular complexity index is 783. The van der Waals surface area contributed by atoms with Crippen LogP contribution in [-0.4, -0.2) is 12.5 Å². The molecule has 0 heterocycles. The predicted octanol–water partition coefficient (Wildman–Crippen LogP) is 4.77. The SMILES string of the molecule is Cc1ccc(N(CCC#N)C(=O)c2cc(Br)ccc2F)cc1C. The molecule has 3 nitrogen and oxygen atoms in total. The molecule has 0 radical (unpaired) electrons. The predicted molar refractivity (Wildman–Crippen MR) is 91.9 cm³/mol. The number of halogens is 2. The second-order valence-corrected chi connectivity index (χ2v) is 6.17. The van der Waals surface area contributed by atoms with Gasteiger partial charge in [0.1, 0.15) is 5.82 Å². The molecule has 0 atom stereocenters. The fraction of sp³-hybridized carbons (Fsp3) is 0.222. The number of aryl methyl sites for hydroxylation is 2. The molecule has 2 aromatic carbocycles. The Labute approximate surface area is 143 Å². The van der Waals surface area contributed by atoms with Gasteiger partial charge in [0.15, 0.2) is 0 Å². The molecule has 0 fully saturated rings. The standard InChI is InChI=1S/C18H16BrFN2O/c1-12-4-6-15(10-13(12)2)22(9-3-8-21)18(23)16-11-14(19)5-7-17(16)20/h4-7,10-11H,3,9H2,1-2H3. The molecule has 0 spiro atoms. The van der Waals surface area contributed by atoms with Crippen molar-refractivity contribution in [2.45, 2.75) is 20.3 Å². The van der Waals surface area contributed by atoms with Crippen LogP contribution >= 0.6 is 15.9 Å². The summed E-state index contributed by atoms with van der Waals surface area (Å²) >= 11 is 3.25. The third-order valence-corrected chi connectivity index (χ3v) is 4.15. The Kier molecular flexibility index (Phi) is 5.51. The molecule has 0 aliphatic carbocycles. The van der Waals surface area contributed by atoms with Crippen molar-refractivity contribution in [2.75, 3.05) is 11.4 Å². The number of anilines is 1. The molecular weight excluding hydrogens is 359 g/mol. The number of hydrogen-bond donors (Lipinski definition) is 0. The van der Waals surface area contributed by atoms with E-state index in [9.17, 15) is 9.18 Å². The highest BCUT2D eigenvalue weighted by Crippen LogP contribution is 2.23. The van der Waals surface area contributed by atoms with E-state index in [0.717, 1.165) is 11.1 Å².